The van der Waals surface area contributed by atoms with Crippen LogP contribution in [0.15, 0.2) is 10.4 Å². The Hall–Kier alpha value is -0.950. The SMILES string of the molecule is CCNC(=NCc1csc(N(C)C)n1)NC1CCCC(SC)C1. The Kier molecular flexibility index (Phi) is 7.49. The first-order chi connectivity index (χ1) is 11.1. The molecule has 0 spiro atoms. The Balaban J connectivity index is 1.93. The van der Waals surface area contributed by atoms with Gasteiger partial charge in [-0.25, -0.2) is 9.98 Å². The molecule has 1 saturated carbocycles. The number of aliphatic imine (C=N–C) groups is 1. The van der Waals surface area contributed by atoms with Gasteiger partial charge in [-0.2, -0.15) is 11.8 Å². The van der Waals surface area contributed by atoms with E-state index in [1.54, 1.807) is 11.3 Å². The molecule has 2 rings (SSSR count). The number of thioether (sulfide) groups is 1. The van der Waals surface area contributed by atoms with Gasteiger partial charge in [0.2, 0.25) is 0 Å². The van der Waals surface area contributed by atoms with Crippen molar-refractivity contribution in [2.75, 3.05) is 31.8 Å². The van der Waals surface area contributed by atoms with Gasteiger partial charge < -0.3 is 15.5 Å². The van der Waals surface area contributed by atoms with Crippen LogP contribution in [0.4, 0.5) is 5.13 Å². The highest BCUT2D eigenvalue weighted by Gasteiger charge is 2.21. The van der Waals surface area contributed by atoms with E-state index in [0.717, 1.165) is 28.6 Å². The van der Waals surface area contributed by atoms with Crippen molar-refractivity contribution < 1.29 is 0 Å². The van der Waals surface area contributed by atoms with Crippen molar-refractivity contribution in [3.63, 3.8) is 0 Å². The van der Waals surface area contributed by atoms with Gasteiger partial charge in [0.1, 0.15) is 0 Å². The molecule has 0 aromatic carbocycles. The molecule has 23 heavy (non-hydrogen) atoms. The number of guanidine groups is 1. The van der Waals surface area contributed by atoms with Gasteiger partial charge in [0.15, 0.2) is 11.1 Å². The Morgan fingerprint density at radius 2 is 2.30 bits per heavy atom. The van der Waals surface area contributed by atoms with Crippen molar-refractivity contribution in [3.05, 3.63) is 11.1 Å². The van der Waals surface area contributed by atoms with Crippen LogP contribution in [0.1, 0.15) is 38.3 Å². The minimum Gasteiger partial charge on any atom is -0.357 e. The zero-order valence-corrected chi connectivity index (χ0v) is 16.3. The fourth-order valence-electron chi connectivity index (χ4n) is 2.74. The number of rotatable bonds is 6. The molecule has 1 fully saturated rings. The van der Waals surface area contributed by atoms with Crippen LogP contribution < -0.4 is 15.5 Å². The van der Waals surface area contributed by atoms with E-state index in [9.17, 15) is 0 Å². The summed E-state index contributed by atoms with van der Waals surface area (Å²) >= 11 is 3.66. The molecule has 0 aliphatic heterocycles. The number of hydrogen-bond acceptors (Lipinski definition) is 5. The summed E-state index contributed by atoms with van der Waals surface area (Å²) in [6, 6.07) is 0.534. The molecule has 2 unspecified atom stereocenters. The van der Waals surface area contributed by atoms with Crippen LogP contribution in [0.5, 0.6) is 0 Å². The monoisotopic (exact) mass is 355 g/mol. The van der Waals surface area contributed by atoms with E-state index >= 15 is 0 Å². The quantitative estimate of drug-likeness (QED) is 0.607. The van der Waals surface area contributed by atoms with Gasteiger partial charge in [-0.15, -0.1) is 11.3 Å². The number of anilines is 1. The summed E-state index contributed by atoms with van der Waals surface area (Å²) in [5.41, 5.74) is 1.03. The van der Waals surface area contributed by atoms with Crippen molar-refractivity contribution in [3.8, 4) is 0 Å². The Bertz CT molecular complexity index is 500. The molecule has 1 aliphatic rings. The highest BCUT2D eigenvalue weighted by molar-refractivity contribution is 7.99. The second kappa shape index (κ2) is 9.37. The minimum absolute atomic E-state index is 0.534. The predicted octanol–water partition coefficient (Wildman–Crippen LogP) is 2.94. The third-order valence-electron chi connectivity index (χ3n) is 3.97. The minimum atomic E-state index is 0.534. The average Bonchev–Trinajstić information content (AvgIpc) is 3.02. The average molecular weight is 356 g/mol. The molecule has 2 atom stereocenters. The van der Waals surface area contributed by atoms with Crippen molar-refractivity contribution in [2.24, 2.45) is 4.99 Å². The third-order valence-corrected chi connectivity index (χ3v) is 6.12. The van der Waals surface area contributed by atoms with Gasteiger partial charge in [-0.3, -0.25) is 0 Å². The van der Waals surface area contributed by atoms with Crippen molar-refractivity contribution >= 4 is 34.2 Å². The number of nitrogens with zero attached hydrogens (tertiary/aromatic N) is 3. The van der Waals surface area contributed by atoms with E-state index in [-0.39, 0.29) is 0 Å². The molecule has 1 aromatic rings. The maximum absolute atomic E-state index is 4.71. The second-order valence-electron chi connectivity index (χ2n) is 6.08. The smallest absolute Gasteiger partial charge is 0.191 e. The van der Waals surface area contributed by atoms with Gasteiger partial charge in [-0.05, 0) is 32.4 Å². The van der Waals surface area contributed by atoms with Gasteiger partial charge in [0, 0.05) is 37.3 Å². The van der Waals surface area contributed by atoms with Crippen LogP contribution in [0, 0.1) is 0 Å². The van der Waals surface area contributed by atoms with Crippen molar-refractivity contribution in [1.29, 1.82) is 0 Å². The van der Waals surface area contributed by atoms with Crippen LogP contribution in [0.3, 0.4) is 0 Å². The first-order valence-electron chi connectivity index (χ1n) is 8.31. The molecule has 1 aromatic heterocycles. The van der Waals surface area contributed by atoms with E-state index in [0.29, 0.717) is 12.6 Å². The maximum Gasteiger partial charge on any atom is 0.191 e. The summed E-state index contributed by atoms with van der Waals surface area (Å²) in [4.78, 5) is 11.3. The van der Waals surface area contributed by atoms with Gasteiger partial charge in [-0.1, -0.05) is 6.42 Å². The highest BCUT2D eigenvalue weighted by atomic mass is 32.2. The Labute approximate surface area is 148 Å². The molecule has 0 radical (unpaired) electrons. The topological polar surface area (TPSA) is 52.6 Å². The summed E-state index contributed by atoms with van der Waals surface area (Å²) in [5, 5.41) is 10.9. The molecule has 5 nitrogen and oxygen atoms in total. The van der Waals surface area contributed by atoms with Gasteiger partial charge >= 0.3 is 0 Å². The van der Waals surface area contributed by atoms with E-state index < -0.39 is 0 Å². The first-order valence-corrected chi connectivity index (χ1v) is 10.5. The van der Waals surface area contributed by atoms with Crippen LogP contribution in [-0.4, -0.2) is 49.1 Å². The van der Waals surface area contributed by atoms with Crippen LogP contribution in [0.2, 0.25) is 0 Å². The second-order valence-corrected chi connectivity index (χ2v) is 8.05. The standard InChI is InChI=1S/C16H29N5S2/c1-5-17-15(19-12-7-6-8-14(9-12)22-4)18-10-13-11-23-16(20-13)21(2)3/h11-12,14H,5-10H2,1-4H3,(H2,17,18,19). The highest BCUT2D eigenvalue weighted by Crippen LogP contribution is 2.26. The molecule has 0 bridgehead atoms. The molecule has 2 N–H and O–H groups in total. The zero-order valence-electron chi connectivity index (χ0n) is 14.6. The van der Waals surface area contributed by atoms with Crippen LogP contribution >= 0.6 is 23.1 Å². The largest absolute Gasteiger partial charge is 0.357 e. The molecular weight excluding hydrogens is 326 g/mol. The molecule has 130 valence electrons. The van der Waals surface area contributed by atoms with E-state index in [2.05, 4.69) is 34.2 Å². The lowest BCUT2D eigenvalue weighted by atomic mass is 9.95. The molecule has 1 heterocycles. The van der Waals surface area contributed by atoms with Gasteiger partial charge in [0.25, 0.3) is 0 Å². The van der Waals surface area contributed by atoms with E-state index in [1.807, 2.05) is 30.8 Å². The molecule has 0 amide bonds. The number of aromatic nitrogens is 1. The predicted molar refractivity (Wildman–Crippen MR) is 104 cm³/mol. The molecule has 0 saturated heterocycles. The number of hydrogen-bond donors (Lipinski definition) is 2. The lowest BCUT2D eigenvalue weighted by molar-refractivity contribution is 0.419. The molecule has 1 aliphatic carbocycles. The fraction of sp³-hybridized carbons (Fsp3) is 0.750. The first kappa shape index (κ1) is 18.4. The van der Waals surface area contributed by atoms with E-state index in [1.165, 1.54) is 25.7 Å². The third kappa shape index (κ3) is 5.88. The van der Waals surface area contributed by atoms with Crippen LogP contribution in [0.25, 0.3) is 0 Å². The normalized spacial score (nSPS) is 22.0. The summed E-state index contributed by atoms with van der Waals surface area (Å²) in [6.07, 6.45) is 7.34. The Morgan fingerprint density at radius 3 is 2.96 bits per heavy atom. The lowest BCUT2D eigenvalue weighted by Gasteiger charge is -2.29. The molecule has 7 heteroatoms. The van der Waals surface area contributed by atoms with Gasteiger partial charge in [0.05, 0.1) is 12.2 Å². The van der Waals surface area contributed by atoms with Crippen LogP contribution in [-0.2, 0) is 6.54 Å². The van der Waals surface area contributed by atoms with E-state index in [4.69, 9.17) is 4.99 Å². The number of nitrogens with one attached hydrogen (secondary N) is 2. The lowest BCUT2D eigenvalue weighted by Crippen LogP contribution is -2.45. The van der Waals surface area contributed by atoms with Crippen molar-refractivity contribution in [2.45, 2.75) is 50.4 Å². The molecular formula is C16H29N5S2. The zero-order chi connectivity index (χ0) is 16.7. The Morgan fingerprint density at radius 1 is 1.48 bits per heavy atom. The number of thiazole rings is 1. The fourth-order valence-corrected chi connectivity index (χ4v) is 4.31. The maximum atomic E-state index is 4.71. The van der Waals surface area contributed by atoms with Crippen molar-refractivity contribution in [1.82, 2.24) is 15.6 Å². The summed E-state index contributed by atoms with van der Waals surface area (Å²) in [6.45, 7) is 3.61. The summed E-state index contributed by atoms with van der Waals surface area (Å²) in [5.74, 6) is 0.915. The summed E-state index contributed by atoms with van der Waals surface area (Å²) < 4.78 is 0. The summed E-state index contributed by atoms with van der Waals surface area (Å²) in [7, 11) is 4.03.